The molecule has 98 valence electrons. The van der Waals surface area contributed by atoms with E-state index in [0.717, 1.165) is 31.6 Å². The van der Waals surface area contributed by atoms with Gasteiger partial charge in [0.1, 0.15) is 0 Å². The summed E-state index contributed by atoms with van der Waals surface area (Å²) in [6.45, 7) is 2.23. The predicted octanol–water partition coefficient (Wildman–Crippen LogP) is 4.58. The molecule has 18 heavy (non-hydrogen) atoms. The number of hydrogen-bond acceptors (Lipinski definition) is 2. The average Bonchev–Trinajstić information content (AvgIpc) is 2.35. The number of halogens is 2. The summed E-state index contributed by atoms with van der Waals surface area (Å²) in [5, 5.41) is 0.713. The molecule has 2 nitrogen and oxygen atoms in total. The molecule has 1 aromatic carbocycles. The van der Waals surface area contributed by atoms with Gasteiger partial charge in [-0.25, -0.2) is 0 Å². The molecule has 0 radical (unpaired) electrons. The molecule has 4 heteroatoms. The summed E-state index contributed by atoms with van der Waals surface area (Å²) in [6, 6.07) is 3.26. The highest BCUT2D eigenvalue weighted by molar-refractivity contribution is 6.39. The van der Waals surface area contributed by atoms with Crippen LogP contribution in [0.2, 0.25) is 10.0 Å². The highest BCUT2D eigenvalue weighted by Gasteiger charge is 2.25. The van der Waals surface area contributed by atoms with Crippen molar-refractivity contribution in [3.63, 3.8) is 0 Å². The van der Waals surface area contributed by atoms with Crippen molar-refractivity contribution in [3.8, 4) is 0 Å². The average molecular weight is 286 g/mol. The Morgan fingerprint density at radius 3 is 2.17 bits per heavy atom. The first-order valence-electron chi connectivity index (χ1n) is 6.27. The first kappa shape index (κ1) is 13.7. The molecule has 0 atom stereocenters. The van der Waals surface area contributed by atoms with E-state index in [9.17, 15) is 4.79 Å². The molecule has 0 amide bonds. The molecule has 0 bridgehead atoms. The van der Waals surface area contributed by atoms with Gasteiger partial charge in [-0.2, -0.15) is 0 Å². The number of rotatable bonds is 2. The molecule has 0 aliphatic heterocycles. The summed E-state index contributed by atoms with van der Waals surface area (Å²) in [4.78, 5) is 12.4. The molecule has 2 N–H and O–H groups in total. The molecule has 0 saturated heterocycles. The van der Waals surface area contributed by atoms with Crippen LogP contribution in [0.5, 0.6) is 0 Å². The van der Waals surface area contributed by atoms with Crippen molar-refractivity contribution in [1.29, 1.82) is 0 Å². The zero-order valence-corrected chi connectivity index (χ0v) is 11.9. The highest BCUT2D eigenvalue weighted by atomic mass is 35.5. The highest BCUT2D eigenvalue weighted by Crippen LogP contribution is 2.34. The zero-order valence-electron chi connectivity index (χ0n) is 10.4. The van der Waals surface area contributed by atoms with Gasteiger partial charge in [-0.15, -0.1) is 0 Å². The van der Waals surface area contributed by atoms with E-state index >= 15 is 0 Å². The maximum Gasteiger partial charge on any atom is 0.166 e. The zero-order chi connectivity index (χ0) is 13.3. The second-order valence-electron chi connectivity index (χ2n) is 5.17. The van der Waals surface area contributed by atoms with Crippen molar-refractivity contribution in [2.75, 3.05) is 5.73 Å². The summed E-state index contributed by atoms with van der Waals surface area (Å²) in [7, 11) is 0. The monoisotopic (exact) mass is 285 g/mol. The molecule has 2 rings (SSSR count). The van der Waals surface area contributed by atoms with Crippen LogP contribution < -0.4 is 5.73 Å². The standard InChI is InChI=1S/C14H17Cl2NO/c1-8-2-4-9(5-3-8)14(18)10-6-11(15)13(17)12(16)7-10/h6-9H,2-5,17H2,1H3. The van der Waals surface area contributed by atoms with Gasteiger partial charge in [0.05, 0.1) is 15.7 Å². The minimum absolute atomic E-state index is 0.108. The molecule has 0 spiro atoms. The fourth-order valence-corrected chi connectivity index (χ4v) is 2.97. The summed E-state index contributed by atoms with van der Waals surface area (Å²) < 4.78 is 0. The van der Waals surface area contributed by atoms with E-state index in [1.807, 2.05) is 0 Å². The number of nitrogens with two attached hydrogens (primary N) is 1. The van der Waals surface area contributed by atoms with E-state index in [1.165, 1.54) is 0 Å². The molecule has 1 fully saturated rings. The normalized spacial score (nSPS) is 23.9. The lowest BCUT2D eigenvalue weighted by Crippen LogP contribution is -2.21. The van der Waals surface area contributed by atoms with Gasteiger partial charge >= 0.3 is 0 Å². The predicted molar refractivity (Wildman–Crippen MR) is 76.3 cm³/mol. The Labute approximate surface area is 117 Å². The third-order valence-electron chi connectivity index (χ3n) is 3.75. The Hall–Kier alpha value is -0.730. The molecule has 1 aliphatic carbocycles. The Morgan fingerprint density at radius 1 is 1.17 bits per heavy atom. The van der Waals surface area contributed by atoms with Crippen LogP contribution >= 0.6 is 23.2 Å². The Morgan fingerprint density at radius 2 is 1.67 bits per heavy atom. The smallest absolute Gasteiger partial charge is 0.166 e. The van der Waals surface area contributed by atoms with Gasteiger partial charge in [-0.05, 0) is 30.9 Å². The molecule has 1 aromatic rings. The quantitative estimate of drug-likeness (QED) is 0.638. The first-order valence-corrected chi connectivity index (χ1v) is 7.03. The SMILES string of the molecule is CC1CCC(C(=O)c2cc(Cl)c(N)c(Cl)c2)CC1. The van der Waals surface area contributed by atoms with Crippen LogP contribution in [-0.4, -0.2) is 5.78 Å². The molecule has 0 aromatic heterocycles. The van der Waals surface area contributed by atoms with Crippen LogP contribution in [0.1, 0.15) is 43.0 Å². The Kier molecular flexibility index (Phi) is 4.18. The largest absolute Gasteiger partial charge is 0.396 e. The third kappa shape index (κ3) is 2.81. The summed E-state index contributed by atoms with van der Waals surface area (Å²) in [6.07, 6.45) is 4.15. The van der Waals surface area contributed by atoms with Gasteiger partial charge in [0, 0.05) is 11.5 Å². The second kappa shape index (κ2) is 5.50. The number of nitrogen functional groups attached to an aromatic ring is 1. The van der Waals surface area contributed by atoms with Crippen LogP contribution in [0.25, 0.3) is 0 Å². The number of hydrogen-bond donors (Lipinski definition) is 1. The molecular weight excluding hydrogens is 269 g/mol. The molecule has 0 heterocycles. The summed E-state index contributed by atoms with van der Waals surface area (Å²) in [5.74, 6) is 0.982. The fourth-order valence-electron chi connectivity index (χ4n) is 2.48. The topological polar surface area (TPSA) is 43.1 Å². The van der Waals surface area contributed by atoms with E-state index in [1.54, 1.807) is 12.1 Å². The lowest BCUT2D eigenvalue weighted by Gasteiger charge is -2.25. The van der Waals surface area contributed by atoms with Crippen LogP contribution in [0, 0.1) is 11.8 Å². The van der Waals surface area contributed by atoms with E-state index in [0.29, 0.717) is 21.3 Å². The van der Waals surface area contributed by atoms with Crippen molar-refractivity contribution in [3.05, 3.63) is 27.7 Å². The fraction of sp³-hybridized carbons (Fsp3) is 0.500. The van der Waals surface area contributed by atoms with Crippen LogP contribution in [0.4, 0.5) is 5.69 Å². The number of carbonyl (C=O) groups is 1. The van der Waals surface area contributed by atoms with E-state index in [-0.39, 0.29) is 11.7 Å². The number of benzene rings is 1. The van der Waals surface area contributed by atoms with Gasteiger partial charge in [0.2, 0.25) is 0 Å². The maximum absolute atomic E-state index is 12.4. The number of anilines is 1. The number of Topliss-reactive ketones (excluding diaryl/α,β-unsaturated/α-hetero) is 1. The minimum atomic E-state index is 0.108. The Bertz CT molecular complexity index is 442. The molecule has 0 unspecified atom stereocenters. The van der Waals surface area contributed by atoms with Crippen LogP contribution in [-0.2, 0) is 0 Å². The van der Waals surface area contributed by atoms with Crippen molar-refractivity contribution in [1.82, 2.24) is 0 Å². The summed E-state index contributed by atoms with van der Waals surface area (Å²) >= 11 is 11.9. The van der Waals surface area contributed by atoms with E-state index < -0.39 is 0 Å². The number of ketones is 1. The van der Waals surface area contributed by atoms with Crippen molar-refractivity contribution in [2.45, 2.75) is 32.6 Å². The lowest BCUT2D eigenvalue weighted by molar-refractivity contribution is 0.0875. The van der Waals surface area contributed by atoms with Gasteiger partial charge in [-0.1, -0.05) is 43.0 Å². The lowest BCUT2D eigenvalue weighted by atomic mass is 9.79. The minimum Gasteiger partial charge on any atom is -0.396 e. The van der Waals surface area contributed by atoms with E-state index in [2.05, 4.69) is 6.92 Å². The first-order chi connectivity index (χ1) is 8.49. The van der Waals surface area contributed by atoms with Crippen LogP contribution in [0.3, 0.4) is 0 Å². The number of carbonyl (C=O) groups excluding carboxylic acids is 1. The molecular formula is C14H17Cl2NO. The van der Waals surface area contributed by atoms with Crippen molar-refractivity contribution >= 4 is 34.7 Å². The van der Waals surface area contributed by atoms with Gasteiger partial charge < -0.3 is 5.73 Å². The Balaban J connectivity index is 2.19. The maximum atomic E-state index is 12.4. The van der Waals surface area contributed by atoms with Gasteiger partial charge in [-0.3, -0.25) is 4.79 Å². The molecule has 1 saturated carbocycles. The van der Waals surface area contributed by atoms with Gasteiger partial charge in [0.15, 0.2) is 5.78 Å². The third-order valence-corrected chi connectivity index (χ3v) is 4.38. The van der Waals surface area contributed by atoms with Crippen LogP contribution in [0.15, 0.2) is 12.1 Å². The molecule has 1 aliphatic rings. The van der Waals surface area contributed by atoms with Crippen molar-refractivity contribution < 1.29 is 4.79 Å². The van der Waals surface area contributed by atoms with Crippen molar-refractivity contribution in [2.24, 2.45) is 11.8 Å². The van der Waals surface area contributed by atoms with E-state index in [4.69, 9.17) is 28.9 Å². The summed E-state index contributed by atoms with van der Waals surface area (Å²) in [5.41, 5.74) is 6.59. The second-order valence-corrected chi connectivity index (χ2v) is 5.99. The van der Waals surface area contributed by atoms with Gasteiger partial charge in [0.25, 0.3) is 0 Å².